The zero-order valence-electron chi connectivity index (χ0n) is 14.4. The highest BCUT2D eigenvalue weighted by Gasteiger charge is 2.32. The van der Waals surface area contributed by atoms with Gasteiger partial charge in [-0.15, -0.1) is 0 Å². The van der Waals surface area contributed by atoms with Crippen LogP contribution in [-0.4, -0.2) is 58.7 Å². The molecule has 2 amide bonds. The maximum absolute atomic E-state index is 12.5. The Morgan fingerprint density at radius 3 is 2.85 bits per heavy atom. The average molecular weight is 402 g/mol. The summed E-state index contributed by atoms with van der Waals surface area (Å²) in [6.07, 6.45) is 0.280. The Morgan fingerprint density at radius 2 is 2.19 bits per heavy atom. The first kappa shape index (κ1) is 19.7. The van der Waals surface area contributed by atoms with E-state index in [0.717, 1.165) is 0 Å². The molecule has 0 saturated carbocycles. The molecule has 2 atom stereocenters. The highest BCUT2D eigenvalue weighted by Crippen LogP contribution is 2.19. The van der Waals surface area contributed by atoms with Gasteiger partial charge >= 0.3 is 11.9 Å². The van der Waals surface area contributed by atoms with Crippen LogP contribution in [0.2, 0.25) is 0 Å². The summed E-state index contributed by atoms with van der Waals surface area (Å²) in [7, 11) is -2.34. The lowest BCUT2D eigenvalue weighted by molar-refractivity contribution is -0.146. The van der Waals surface area contributed by atoms with Crippen LogP contribution in [0.25, 0.3) is 0 Å². The molecule has 1 N–H and O–H groups in total. The van der Waals surface area contributed by atoms with E-state index in [4.69, 9.17) is 9.47 Å². The summed E-state index contributed by atoms with van der Waals surface area (Å²) in [5.41, 5.74) is 0.656. The van der Waals surface area contributed by atoms with Crippen LogP contribution in [0, 0.1) is 0 Å². The molecule has 0 bridgehead atoms. The highest BCUT2D eigenvalue weighted by atomic mass is 32.2. The number of ether oxygens (including phenoxy) is 2. The van der Waals surface area contributed by atoms with E-state index in [-0.39, 0.29) is 36.2 Å². The summed E-state index contributed by atoms with van der Waals surface area (Å²) in [6, 6.07) is 6.00. The molecular weight excluding hydrogens is 382 g/mol. The minimum Gasteiger partial charge on any atom is -0.447 e. The van der Waals surface area contributed by atoms with Crippen molar-refractivity contribution in [3.8, 4) is 0 Å². The largest absolute Gasteiger partial charge is 0.447 e. The number of amides is 2. The Hall–Kier alpha value is -2.07. The number of hydrogen-bond donors (Lipinski definition) is 1. The second kappa shape index (κ2) is 8.75. The van der Waals surface area contributed by atoms with Crippen LogP contribution in [0.1, 0.15) is 18.4 Å². The molecule has 7 nitrogen and oxygen atoms in total. The Balaban J connectivity index is 1.37. The van der Waals surface area contributed by atoms with Crippen molar-refractivity contribution in [1.29, 1.82) is 0 Å². The summed E-state index contributed by atoms with van der Waals surface area (Å²) in [6.45, 7) is 1.42. The molecule has 2 saturated heterocycles. The zero-order chi connectivity index (χ0) is 19.4. The number of cyclic esters (lactones) is 1. The van der Waals surface area contributed by atoms with Gasteiger partial charge in [0, 0.05) is 24.4 Å². The van der Waals surface area contributed by atoms with E-state index in [2.05, 4.69) is 5.32 Å². The standard InChI is InChI=1S/C17H20F2N2O5S/c18-16(19)27(24)14-3-1-2-11(6-14)9-25-13-7-21(8-13)15(22)5-4-12-10-26-17(23)20-12/h1-3,6,12-13,16H,4-5,7-10H2,(H,20,23). The first-order valence-corrected chi connectivity index (χ1v) is 9.74. The van der Waals surface area contributed by atoms with Crippen molar-refractivity contribution in [3.05, 3.63) is 29.8 Å². The van der Waals surface area contributed by atoms with Crippen LogP contribution in [0.5, 0.6) is 0 Å². The molecule has 3 rings (SSSR count). The van der Waals surface area contributed by atoms with Crippen molar-refractivity contribution in [1.82, 2.24) is 10.2 Å². The molecule has 10 heteroatoms. The van der Waals surface area contributed by atoms with Gasteiger partial charge in [-0.25, -0.2) is 9.00 Å². The van der Waals surface area contributed by atoms with Crippen molar-refractivity contribution in [2.45, 2.75) is 42.2 Å². The first-order chi connectivity index (χ1) is 12.9. The van der Waals surface area contributed by atoms with Crippen LogP contribution in [0.4, 0.5) is 13.6 Å². The number of carbonyl (C=O) groups excluding carboxylic acids is 2. The van der Waals surface area contributed by atoms with Gasteiger partial charge in [-0.2, -0.15) is 8.78 Å². The Morgan fingerprint density at radius 1 is 1.41 bits per heavy atom. The van der Waals surface area contributed by atoms with Gasteiger partial charge < -0.3 is 19.7 Å². The van der Waals surface area contributed by atoms with Crippen LogP contribution >= 0.6 is 0 Å². The molecule has 2 heterocycles. The SMILES string of the molecule is O=C1NC(CCC(=O)N2CC(OCc3cccc(S(=O)C(F)F)c3)C2)CO1. The fraction of sp³-hybridized carbons (Fsp3) is 0.529. The van der Waals surface area contributed by atoms with E-state index in [0.29, 0.717) is 31.5 Å². The summed E-state index contributed by atoms with van der Waals surface area (Å²) in [4.78, 5) is 24.7. The van der Waals surface area contributed by atoms with Crippen molar-refractivity contribution in [2.75, 3.05) is 19.7 Å². The van der Waals surface area contributed by atoms with Crippen LogP contribution in [0.3, 0.4) is 0 Å². The van der Waals surface area contributed by atoms with Gasteiger partial charge in [0.15, 0.2) is 0 Å². The van der Waals surface area contributed by atoms with Crippen molar-refractivity contribution >= 4 is 22.8 Å². The molecule has 2 aliphatic rings. The van der Waals surface area contributed by atoms with Gasteiger partial charge in [0.2, 0.25) is 5.91 Å². The summed E-state index contributed by atoms with van der Waals surface area (Å²) < 4.78 is 46.9. The highest BCUT2D eigenvalue weighted by molar-refractivity contribution is 7.85. The Kier molecular flexibility index (Phi) is 6.38. The van der Waals surface area contributed by atoms with Gasteiger partial charge in [0.1, 0.15) is 17.4 Å². The number of likely N-dealkylation sites (tertiary alicyclic amines) is 1. The summed E-state index contributed by atoms with van der Waals surface area (Å²) in [5.74, 6) is -2.93. The number of alkyl halides is 2. The fourth-order valence-corrected chi connectivity index (χ4v) is 3.55. The van der Waals surface area contributed by atoms with Gasteiger partial charge in [-0.1, -0.05) is 12.1 Å². The first-order valence-electron chi connectivity index (χ1n) is 8.52. The Bertz CT molecular complexity index is 727. The zero-order valence-corrected chi connectivity index (χ0v) is 15.3. The van der Waals surface area contributed by atoms with Crippen molar-refractivity contribution in [2.24, 2.45) is 0 Å². The third-order valence-electron chi connectivity index (χ3n) is 4.42. The quantitative estimate of drug-likeness (QED) is 0.715. The molecule has 148 valence electrons. The number of hydrogen-bond acceptors (Lipinski definition) is 5. The molecule has 0 aromatic heterocycles. The Labute approximate surface area is 157 Å². The molecule has 0 aliphatic carbocycles. The second-order valence-electron chi connectivity index (χ2n) is 6.42. The normalized spacial score (nSPS) is 20.9. The van der Waals surface area contributed by atoms with Gasteiger partial charge in [0.25, 0.3) is 0 Å². The van der Waals surface area contributed by atoms with Gasteiger partial charge in [0.05, 0.1) is 18.8 Å². The van der Waals surface area contributed by atoms with Gasteiger partial charge in [-0.05, 0) is 24.1 Å². The van der Waals surface area contributed by atoms with E-state index in [1.807, 2.05) is 0 Å². The second-order valence-corrected chi connectivity index (χ2v) is 7.84. The van der Waals surface area contributed by atoms with Crippen LogP contribution in [0.15, 0.2) is 29.2 Å². The van der Waals surface area contributed by atoms with Crippen molar-refractivity contribution < 1.29 is 32.1 Å². The number of nitrogens with one attached hydrogen (secondary N) is 1. The summed E-state index contributed by atoms with van der Waals surface area (Å²) in [5, 5.41) is 2.63. The van der Waals surface area contributed by atoms with E-state index < -0.39 is 22.7 Å². The number of carbonyl (C=O) groups is 2. The maximum Gasteiger partial charge on any atom is 0.407 e. The lowest BCUT2D eigenvalue weighted by atomic mass is 10.1. The summed E-state index contributed by atoms with van der Waals surface area (Å²) >= 11 is 0. The molecule has 2 fully saturated rings. The number of rotatable bonds is 8. The smallest absolute Gasteiger partial charge is 0.407 e. The predicted octanol–water partition coefficient (Wildman–Crippen LogP) is 1.63. The van der Waals surface area contributed by atoms with E-state index >= 15 is 0 Å². The van der Waals surface area contributed by atoms with E-state index in [1.165, 1.54) is 12.1 Å². The molecule has 2 unspecified atom stereocenters. The van der Waals surface area contributed by atoms with E-state index in [9.17, 15) is 22.6 Å². The van der Waals surface area contributed by atoms with Crippen LogP contribution < -0.4 is 5.32 Å². The molecule has 0 radical (unpaired) electrons. The minimum absolute atomic E-state index is 0.00896. The average Bonchev–Trinajstić information content (AvgIpc) is 3.03. The molecular formula is C17H20F2N2O5S. The fourth-order valence-electron chi connectivity index (χ4n) is 2.86. The van der Waals surface area contributed by atoms with E-state index in [1.54, 1.807) is 17.0 Å². The minimum atomic E-state index is -2.92. The molecule has 2 aliphatic heterocycles. The molecule has 1 aromatic rings. The predicted molar refractivity (Wildman–Crippen MR) is 91.5 cm³/mol. The molecule has 27 heavy (non-hydrogen) atoms. The van der Waals surface area contributed by atoms with Gasteiger partial charge in [-0.3, -0.25) is 4.79 Å². The van der Waals surface area contributed by atoms with Crippen molar-refractivity contribution in [3.63, 3.8) is 0 Å². The number of nitrogens with zero attached hydrogens (tertiary/aromatic N) is 1. The maximum atomic E-state index is 12.5. The number of benzene rings is 1. The monoisotopic (exact) mass is 402 g/mol. The van der Waals surface area contributed by atoms with Crippen LogP contribution in [-0.2, 0) is 31.7 Å². The topological polar surface area (TPSA) is 84.9 Å². The third-order valence-corrected chi connectivity index (χ3v) is 5.47. The number of alkyl carbamates (subject to hydrolysis) is 1. The number of halogens is 2. The third kappa shape index (κ3) is 5.23. The molecule has 0 spiro atoms. The lowest BCUT2D eigenvalue weighted by Gasteiger charge is -2.39. The molecule has 1 aromatic carbocycles. The lowest BCUT2D eigenvalue weighted by Crippen LogP contribution is -2.54.